The van der Waals surface area contributed by atoms with Crippen molar-refractivity contribution in [1.82, 2.24) is 4.98 Å². The fourth-order valence-corrected chi connectivity index (χ4v) is 1.64. The number of esters is 1. The minimum Gasteiger partial charge on any atom is -0.472 e. The molecule has 0 amide bonds. The molecule has 0 bridgehead atoms. The number of carbonyl (C=O) groups is 1. The molecule has 2 aromatic heterocycles. The molecule has 2 rings (SSSR count). The third-order valence-corrected chi connectivity index (χ3v) is 2.55. The summed E-state index contributed by atoms with van der Waals surface area (Å²) in [6.07, 6.45) is 3.08. The lowest BCUT2D eigenvalue weighted by Crippen LogP contribution is -2.05. The van der Waals surface area contributed by atoms with Crippen molar-refractivity contribution in [3.63, 3.8) is 0 Å². The summed E-state index contributed by atoms with van der Waals surface area (Å²) in [6.45, 7) is 2.06. The maximum absolute atomic E-state index is 11.4. The number of aryl methyl sites for hydroxylation is 1. The first kappa shape index (κ1) is 9.92. The van der Waals surface area contributed by atoms with E-state index in [1.807, 2.05) is 6.92 Å². The van der Waals surface area contributed by atoms with Gasteiger partial charge in [-0.2, -0.15) is 0 Å². The fraction of sp³-hybridized carbons (Fsp3) is 0.200. The third-order valence-electron chi connectivity index (χ3n) is 1.78. The van der Waals surface area contributed by atoms with E-state index in [2.05, 4.69) is 4.98 Å². The minimum atomic E-state index is -0.402. The number of aromatic nitrogens is 1. The summed E-state index contributed by atoms with van der Waals surface area (Å²) in [5.74, 6) is -0.402. The molecule has 4 nitrogen and oxygen atoms in total. The summed E-state index contributed by atoms with van der Waals surface area (Å²) < 4.78 is 9.88. The Labute approximate surface area is 90.5 Å². The Morgan fingerprint density at radius 1 is 1.67 bits per heavy atom. The first-order chi connectivity index (χ1) is 7.25. The molecule has 0 radical (unpaired) electrons. The van der Waals surface area contributed by atoms with Crippen molar-refractivity contribution in [2.45, 2.75) is 13.5 Å². The molecule has 0 saturated heterocycles. The second kappa shape index (κ2) is 4.27. The lowest BCUT2D eigenvalue weighted by atomic mass is 10.4. The van der Waals surface area contributed by atoms with Gasteiger partial charge in [-0.1, -0.05) is 0 Å². The van der Waals surface area contributed by atoms with Crippen molar-refractivity contribution in [3.05, 3.63) is 40.2 Å². The third kappa shape index (κ3) is 2.44. The van der Waals surface area contributed by atoms with E-state index < -0.39 is 5.97 Å². The predicted octanol–water partition coefficient (Wildman–Crippen LogP) is 2.40. The molecule has 2 heterocycles. The van der Waals surface area contributed by atoms with Gasteiger partial charge in [0.1, 0.15) is 6.61 Å². The summed E-state index contributed by atoms with van der Waals surface area (Å²) in [7, 11) is 0. The molecule has 5 heteroatoms. The van der Waals surface area contributed by atoms with Gasteiger partial charge in [0.05, 0.1) is 17.5 Å². The normalized spacial score (nSPS) is 10.2. The minimum absolute atomic E-state index is 0.214. The molecular formula is C10H9NO3S. The summed E-state index contributed by atoms with van der Waals surface area (Å²) in [5, 5.41) is 2.54. The van der Waals surface area contributed by atoms with Crippen molar-refractivity contribution in [2.75, 3.05) is 0 Å². The number of hydrogen-bond donors (Lipinski definition) is 0. The van der Waals surface area contributed by atoms with Crippen molar-refractivity contribution in [1.29, 1.82) is 0 Å². The number of rotatable bonds is 3. The average molecular weight is 223 g/mol. The molecule has 0 unspecified atom stereocenters. The quantitative estimate of drug-likeness (QED) is 0.750. The number of hydrogen-bond acceptors (Lipinski definition) is 5. The largest absolute Gasteiger partial charge is 0.472 e. The molecule has 2 aromatic rings. The van der Waals surface area contributed by atoms with Crippen LogP contribution in [0.15, 0.2) is 28.4 Å². The number of thiazole rings is 1. The Balaban J connectivity index is 1.93. The van der Waals surface area contributed by atoms with Gasteiger partial charge in [0.2, 0.25) is 0 Å². The lowest BCUT2D eigenvalue weighted by Gasteiger charge is -1.99. The van der Waals surface area contributed by atoms with Crippen molar-refractivity contribution in [3.8, 4) is 0 Å². The molecule has 0 fully saturated rings. The Bertz CT molecular complexity index is 447. The second-order valence-electron chi connectivity index (χ2n) is 2.96. The van der Waals surface area contributed by atoms with E-state index in [4.69, 9.17) is 9.15 Å². The van der Waals surface area contributed by atoms with Gasteiger partial charge in [0, 0.05) is 10.9 Å². The van der Waals surface area contributed by atoms with Gasteiger partial charge >= 0.3 is 5.97 Å². The molecule has 15 heavy (non-hydrogen) atoms. The van der Waals surface area contributed by atoms with Gasteiger partial charge in [-0.3, -0.25) is 0 Å². The van der Waals surface area contributed by atoms with Crippen LogP contribution in [0.3, 0.4) is 0 Å². The van der Waals surface area contributed by atoms with Crippen LogP contribution < -0.4 is 0 Å². The fourth-order valence-electron chi connectivity index (χ4n) is 1.05. The standard InChI is InChI=1S/C10H9NO3S/c1-7-11-9(6-15-7)10(12)14-5-8-2-3-13-4-8/h2-4,6H,5H2,1H3. The van der Waals surface area contributed by atoms with Crippen molar-refractivity contribution < 1.29 is 13.9 Å². The van der Waals surface area contributed by atoms with Crippen molar-refractivity contribution >= 4 is 17.3 Å². The highest BCUT2D eigenvalue weighted by atomic mass is 32.1. The average Bonchev–Trinajstić information content (AvgIpc) is 2.84. The zero-order chi connectivity index (χ0) is 10.7. The second-order valence-corrected chi connectivity index (χ2v) is 4.02. The summed E-state index contributed by atoms with van der Waals surface area (Å²) >= 11 is 1.43. The Morgan fingerprint density at radius 3 is 3.13 bits per heavy atom. The summed E-state index contributed by atoms with van der Waals surface area (Å²) in [4.78, 5) is 15.5. The van der Waals surface area contributed by atoms with Crippen LogP contribution in [0, 0.1) is 6.92 Å². The number of ether oxygens (including phenoxy) is 1. The van der Waals surface area contributed by atoms with Crippen LogP contribution in [0.2, 0.25) is 0 Å². The highest BCUT2D eigenvalue weighted by molar-refractivity contribution is 7.09. The van der Waals surface area contributed by atoms with E-state index in [1.165, 1.54) is 17.6 Å². The predicted molar refractivity (Wildman–Crippen MR) is 54.7 cm³/mol. The monoisotopic (exact) mass is 223 g/mol. The van der Waals surface area contributed by atoms with E-state index in [1.54, 1.807) is 17.7 Å². The van der Waals surface area contributed by atoms with E-state index in [0.29, 0.717) is 5.69 Å². The number of furan rings is 1. The smallest absolute Gasteiger partial charge is 0.358 e. The number of nitrogens with zero attached hydrogens (tertiary/aromatic N) is 1. The van der Waals surface area contributed by atoms with E-state index in [0.717, 1.165) is 10.6 Å². The summed E-state index contributed by atoms with van der Waals surface area (Å²) in [5.41, 5.74) is 1.19. The van der Waals surface area contributed by atoms with Crippen LogP contribution in [0.5, 0.6) is 0 Å². The van der Waals surface area contributed by atoms with Gasteiger partial charge in [0.25, 0.3) is 0 Å². The topological polar surface area (TPSA) is 52.3 Å². The Hall–Kier alpha value is -1.62. The first-order valence-corrected chi connectivity index (χ1v) is 5.24. The maximum atomic E-state index is 11.4. The highest BCUT2D eigenvalue weighted by Crippen LogP contribution is 2.10. The molecule has 0 aliphatic rings. The van der Waals surface area contributed by atoms with E-state index in [-0.39, 0.29) is 6.61 Å². The van der Waals surface area contributed by atoms with Crippen molar-refractivity contribution in [2.24, 2.45) is 0 Å². The zero-order valence-electron chi connectivity index (χ0n) is 8.10. The molecule has 78 valence electrons. The van der Waals surface area contributed by atoms with E-state index in [9.17, 15) is 4.79 Å². The molecule has 0 atom stereocenters. The molecular weight excluding hydrogens is 214 g/mol. The zero-order valence-corrected chi connectivity index (χ0v) is 8.91. The molecule has 0 saturated carbocycles. The molecule has 0 aliphatic heterocycles. The number of carbonyl (C=O) groups excluding carboxylic acids is 1. The molecule has 0 spiro atoms. The summed E-state index contributed by atoms with van der Waals surface area (Å²) in [6, 6.07) is 1.75. The maximum Gasteiger partial charge on any atom is 0.358 e. The first-order valence-electron chi connectivity index (χ1n) is 4.36. The highest BCUT2D eigenvalue weighted by Gasteiger charge is 2.10. The SMILES string of the molecule is Cc1nc(C(=O)OCc2ccoc2)cs1. The molecule has 0 aromatic carbocycles. The van der Waals surface area contributed by atoms with Gasteiger partial charge in [0.15, 0.2) is 5.69 Å². The molecule has 0 N–H and O–H groups in total. The van der Waals surface area contributed by atoms with Crippen LogP contribution in [0.25, 0.3) is 0 Å². The molecule has 0 aliphatic carbocycles. The Kier molecular flexibility index (Phi) is 2.82. The van der Waals surface area contributed by atoms with Gasteiger partial charge < -0.3 is 9.15 Å². The van der Waals surface area contributed by atoms with Crippen LogP contribution in [-0.2, 0) is 11.3 Å². The van der Waals surface area contributed by atoms with Gasteiger partial charge in [-0.15, -0.1) is 11.3 Å². The van der Waals surface area contributed by atoms with Crippen LogP contribution in [0.1, 0.15) is 21.1 Å². The van der Waals surface area contributed by atoms with E-state index >= 15 is 0 Å². The van der Waals surface area contributed by atoms with Crippen LogP contribution in [0.4, 0.5) is 0 Å². The van der Waals surface area contributed by atoms with Crippen LogP contribution in [-0.4, -0.2) is 11.0 Å². The Morgan fingerprint density at radius 2 is 2.53 bits per heavy atom. The van der Waals surface area contributed by atoms with Gasteiger partial charge in [-0.25, -0.2) is 9.78 Å². The lowest BCUT2D eigenvalue weighted by molar-refractivity contribution is 0.0466. The van der Waals surface area contributed by atoms with Crippen LogP contribution >= 0.6 is 11.3 Å². The van der Waals surface area contributed by atoms with Gasteiger partial charge in [-0.05, 0) is 13.0 Å².